The highest BCUT2D eigenvalue weighted by Crippen LogP contribution is 2.22. The average Bonchev–Trinajstić information content (AvgIpc) is 2.59. The average molecular weight is 356 g/mol. The molecular formula is C18H30ClN3O2. The van der Waals surface area contributed by atoms with Crippen LogP contribution in [0.2, 0.25) is 0 Å². The summed E-state index contributed by atoms with van der Waals surface area (Å²) in [6.45, 7) is 8.27. The second-order valence-corrected chi connectivity index (χ2v) is 6.18. The van der Waals surface area contributed by atoms with Gasteiger partial charge in [0.2, 0.25) is 5.91 Å². The first-order valence-electron chi connectivity index (χ1n) is 8.53. The van der Waals surface area contributed by atoms with Crippen molar-refractivity contribution in [3.8, 4) is 5.75 Å². The smallest absolute Gasteiger partial charge is 0.220 e. The number of nitrogens with one attached hydrogen (secondary N) is 2. The van der Waals surface area contributed by atoms with Gasteiger partial charge in [0.25, 0.3) is 0 Å². The number of benzene rings is 1. The molecule has 1 fully saturated rings. The molecular weight excluding hydrogens is 326 g/mol. The number of ether oxygens (including phenoxy) is 1. The molecule has 0 bridgehead atoms. The number of carbonyl (C=O) groups is 1. The van der Waals surface area contributed by atoms with E-state index >= 15 is 0 Å². The van der Waals surface area contributed by atoms with Gasteiger partial charge in [0.05, 0.1) is 7.11 Å². The summed E-state index contributed by atoms with van der Waals surface area (Å²) in [7, 11) is 1.66. The minimum Gasteiger partial charge on any atom is -0.497 e. The Hall–Kier alpha value is -1.30. The fourth-order valence-electron chi connectivity index (χ4n) is 2.88. The molecule has 1 saturated heterocycles. The molecule has 136 valence electrons. The van der Waals surface area contributed by atoms with Gasteiger partial charge in [-0.25, -0.2) is 0 Å². The molecule has 1 atom stereocenters. The van der Waals surface area contributed by atoms with Gasteiger partial charge in [-0.15, -0.1) is 12.4 Å². The number of amides is 1. The third kappa shape index (κ3) is 7.07. The molecule has 0 saturated carbocycles. The Balaban J connectivity index is 0.00000288. The van der Waals surface area contributed by atoms with Gasteiger partial charge in [0.1, 0.15) is 5.75 Å². The molecule has 0 spiro atoms. The fourth-order valence-corrected chi connectivity index (χ4v) is 2.88. The van der Waals surface area contributed by atoms with Gasteiger partial charge < -0.3 is 20.3 Å². The van der Waals surface area contributed by atoms with Crippen molar-refractivity contribution in [1.82, 2.24) is 15.5 Å². The van der Waals surface area contributed by atoms with Gasteiger partial charge in [-0.3, -0.25) is 4.79 Å². The normalized spacial score (nSPS) is 16.1. The number of halogens is 1. The van der Waals surface area contributed by atoms with E-state index in [0.717, 1.165) is 57.0 Å². The Morgan fingerprint density at radius 1 is 1.38 bits per heavy atom. The molecule has 24 heavy (non-hydrogen) atoms. The highest BCUT2D eigenvalue weighted by atomic mass is 35.5. The van der Waals surface area contributed by atoms with Crippen molar-refractivity contribution < 1.29 is 9.53 Å². The van der Waals surface area contributed by atoms with E-state index in [9.17, 15) is 4.79 Å². The fraction of sp³-hybridized carbons (Fsp3) is 0.611. The van der Waals surface area contributed by atoms with Crippen LogP contribution in [0.4, 0.5) is 0 Å². The maximum atomic E-state index is 12.1. The standard InChI is InChI=1S/C18H29N3O2.ClH/c1-15(16-5-3-6-17(14-16)23-2)13-18(22)20-7-4-10-21-11-8-19-9-12-21;/h3,5-6,14-15,19H,4,7-13H2,1-2H3,(H,20,22);1H. The van der Waals surface area contributed by atoms with Crippen molar-refractivity contribution in [1.29, 1.82) is 0 Å². The van der Waals surface area contributed by atoms with Crippen LogP contribution in [-0.2, 0) is 4.79 Å². The number of carbonyl (C=O) groups excluding carboxylic acids is 1. The number of hydrogen-bond acceptors (Lipinski definition) is 4. The highest BCUT2D eigenvalue weighted by Gasteiger charge is 2.12. The highest BCUT2D eigenvalue weighted by molar-refractivity contribution is 5.85. The lowest BCUT2D eigenvalue weighted by Gasteiger charge is -2.27. The molecule has 0 radical (unpaired) electrons. The Kier molecular flexibility index (Phi) is 9.76. The SMILES string of the molecule is COc1cccc(C(C)CC(=O)NCCCN2CCNCC2)c1.Cl. The van der Waals surface area contributed by atoms with Crippen molar-refractivity contribution in [2.45, 2.75) is 25.7 Å². The number of nitrogens with zero attached hydrogens (tertiary/aromatic N) is 1. The molecule has 2 N–H and O–H groups in total. The van der Waals surface area contributed by atoms with Gasteiger partial charge in [0, 0.05) is 39.1 Å². The predicted octanol–water partition coefficient (Wildman–Crippen LogP) is 2.02. The summed E-state index contributed by atoms with van der Waals surface area (Å²) in [4.78, 5) is 14.5. The number of hydrogen-bond donors (Lipinski definition) is 2. The lowest BCUT2D eigenvalue weighted by atomic mass is 9.97. The monoisotopic (exact) mass is 355 g/mol. The minimum atomic E-state index is 0. The van der Waals surface area contributed by atoms with E-state index in [1.54, 1.807) is 7.11 Å². The van der Waals surface area contributed by atoms with Crippen molar-refractivity contribution in [3.63, 3.8) is 0 Å². The van der Waals surface area contributed by atoms with Crippen LogP contribution >= 0.6 is 12.4 Å². The maximum absolute atomic E-state index is 12.1. The zero-order valence-corrected chi connectivity index (χ0v) is 15.5. The lowest BCUT2D eigenvalue weighted by molar-refractivity contribution is -0.121. The third-order valence-corrected chi connectivity index (χ3v) is 4.34. The van der Waals surface area contributed by atoms with Crippen LogP contribution < -0.4 is 15.4 Å². The van der Waals surface area contributed by atoms with E-state index in [2.05, 4.69) is 22.5 Å². The second kappa shape index (κ2) is 11.3. The van der Waals surface area contributed by atoms with Crippen LogP contribution in [0.1, 0.15) is 31.2 Å². The first-order chi connectivity index (χ1) is 11.2. The third-order valence-electron chi connectivity index (χ3n) is 4.34. The summed E-state index contributed by atoms with van der Waals surface area (Å²) >= 11 is 0. The van der Waals surface area contributed by atoms with Crippen LogP contribution in [0, 0.1) is 0 Å². The predicted molar refractivity (Wildman–Crippen MR) is 100 cm³/mol. The van der Waals surface area contributed by atoms with Gasteiger partial charge in [0.15, 0.2) is 0 Å². The summed E-state index contributed by atoms with van der Waals surface area (Å²) in [6.07, 6.45) is 1.53. The molecule has 0 aromatic heterocycles. The van der Waals surface area contributed by atoms with Gasteiger partial charge in [-0.2, -0.15) is 0 Å². The second-order valence-electron chi connectivity index (χ2n) is 6.18. The van der Waals surface area contributed by atoms with E-state index in [0.29, 0.717) is 6.42 Å². The summed E-state index contributed by atoms with van der Waals surface area (Å²) < 4.78 is 5.24. The summed E-state index contributed by atoms with van der Waals surface area (Å²) in [5.74, 6) is 1.16. The van der Waals surface area contributed by atoms with Crippen molar-refractivity contribution in [2.24, 2.45) is 0 Å². The molecule has 1 aromatic carbocycles. The first-order valence-corrected chi connectivity index (χ1v) is 8.53. The Bertz CT molecular complexity index is 493. The van der Waals surface area contributed by atoms with Crippen LogP contribution in [0.15, 0.2) is 24.3 Å². The Labute approximate surface area is 151 Å². The molecule has 2 rings (SSSR count). The minimum absolute atomic E-state index is 0. The van der Waals surface area contributed by atoms with Gasteiger partial charge in [-0.05, 0) is 36.6 Å². The molecule has 0 aliphatic carbocycles. The van der Waals surface area contributed by atoms with Crippen LogP contribution in [-0.4, -0.2) is 57.2 Å². The lowest BCUT2D eigenvalue weighted by Crippen LogP contribution is -2.44. The van der Waals surface area contributed by atoms with E-state index in [4.69, 9.17) is 4.74 Å². The molecule has 1 amide bonds. The molecule has 1 heterocycles. The molecule has 5 nitrogen and oxygen atoms in total. The topological polar surface area (TPSA) is 53.6 Å². The number of piperazine rings is 1. The molecule has 1 aliphatic heterocycles. The quantitative estimate of drug-likeness (QED) is 0.700. The summed E-state index contributed by atoms with van der Waals surface area (Å²) in [5, 5.41) is 6.39. The largest absolute Gasteiger partial charge is 0.497 e. The van der Waals surface area contributed by atoms with Gasteiger partial charge in [-0.1, -0.05) is 19.1 Å². The Morgan fingerprint density at radius 2 is 2.12 bits per heavy atom. The summed E-state index contributed by atoms with van der Waals surface area (Å²) in [5.41, 5.74) is 1.14. The maximum Gasteiger partial charge on any atom is 0.220 e. The zero-order valence-electron chi connectivity index (χ0n) is 14.7. The molecule has 6 heteroatoms. The Morgan fingerprint density at radius 3 is 2.83 bits per heavy atom. The molecule has 1 aliphatic rings. The zero-order chi connectivity index (χ0) is 16.5. The van der Waals surface area contributed by atoms with Crippen molar-refractivity contribution in [2.75, 3.05) is 46.4 Å². The number of rotatable bonds is 8. The first kappa shape index (κ1) is 20.7. The van der Waals surface area contributed by atoms with E-state index in [-0.39, 0.29) is 24.2 Å². The van der Waals surface area contributed by atoms with Crippen molar-refractivity contribution in [3.05, 3.63) is 29.8 Å². The molecule has 1 aromatic rings. The van der Waals surface area contributed by atoms with E-state index in [1.165, 1.54) is 0 Å². The van der Waals surface area contributed by atoms with Crippen LogP contribution in [0.5, 0.6) is 5.75 Å². The van der Waals surface area contributed by atoms with E-state index in [1.807, 2.05) is 24.3 Å². The van der Waals surface area contributed by atoms with Gasteiger partial charge >= 0.3 is 0 Å². The van der Waals surface area contributed by atoms with E-state index < -0.39 is 0 Å². The van der Waals surface area contributed by atoms with Crippen LogP contribution in [0.3, 0.4) is 0 Å². The molecule has 1 unspecified atom stereocenters. The van der Waals surface area contributed by atoms with Crippen molar-refractivity contribution >= 4 is 18.3 Å². The summed E-state index contributed by atoms with van der Waals surface area (Å²) in [6, 6.07) is 7.94. The van der Waals surface area contributed by atoms with Crippen LogP contribution in [0.25, 0.3) is 0 Å². The number of methoxy groups -OCH3 is 1.